The van der Waals surface area contributed by atoms with Crippen molar-refractivity contribution in [2.45, 2.75) is 45.7 Å². The fourth-order valence-corrected chi connectivity index (χ4v) is 2.66. The minimum atomic E-state index is -0.329. The van der Waals surface area contributed by atoms with Crippen LogP contribution in [0.15, 0.2) is 0 Å². The molecule has 0 unspecified atom stereocenters. The maximum absolute atomic E-state index is 11.3. The van der Waals surface area contributed by atoms with Crippen molar-refractivity contribution in [1.82, 2.24) is 9.78 Å². The second kappa shape index (κ2) is 5.56. The molecule has 7 nitrogen and oxygen atoms in total. The van der Waals surface area contributed by atoms with Crippen LogP contribution in [0.5, 0.6) is 0 Å². The minimum absolute atomic E-state index is 0.0821. The number of aromatic nitrogens is 2. The zero-order valence-corrected chi connectivity index (χ0v) is 11.5. The molecular formula is C12H21N5O2. The summed E-state index contributed by atoms with van der Waals surface area (Å²) in [5, 5.41) is 15.6. The van der Waals surface area contributed by atoms with Gasteiger partial charge in [-0.1, -0.05) is 6.92 Å². The van der Waals surface area contributed by atoms with Crippen molar-refractivity contribution >= 4 is 11.5 Å². The normalized spacial score (nSPS) is 19.7. The molecule has 1 saturated heterocycles. The minimum Gasteiger partial charge on any atom is -0.350 e. The highest BCUT2D eigenvalue weighted by molar-refractivity contribution is 5.61. The van der Waals surface area contributed by atoms with Crippen LogP contribution in [0.4, 0.5) is 11.5 Å². The number of aryl methyl sites for hydroxylation is 2. The predicted molar refractivity (Wildman–Crippen MR) is 73.3 cm³/mol. The van der Waals surface area contributed by atoms with Gasteiger partial charge < -0.3 is 10.6 Å². The number of hydrogen-bond acceptors (Lipinski definition) is 5. The third-order valence-electron chi connectivity index (χ3n) is 3.45. The maximum atomic E-state index is 11.3. The molecule has 0 aliphatic carbocycles. The first-order valence-corrected chi connectivity index (χ1v) is 6.77. The molecular weight excluding hydrogens is 246 g/mol. The Morgan fingerprint density at radius 1 is 1.58 bits per heavy atom. The molecule has 0 radical (unpaired) electrons. The van der Waals surface area contributed by atoms with Gasteiger partial charge in [-0.2, -0.15) is 5.10 Å². The number of rotatable bonds is 4. The van der Waals surface area contributed by atoms with Gasteiger partial charge in [0.25, 0.3) is 0 Å². The van der Waals surface area contributed by atoms with Crippen molar-refractivity contribution < 1.29 is 4.92 Å². The van der Waals surface area contributed by atoms with Crippen LogP contribution in [0.25, 0.3) is 0 Å². The van der Waals surface area contributed by atoms with Crippen LogP contribution in [-0.2, 0) is 6.54 Å². The quantitative estimate of drug-likeness (QED) is 0.658. The summed E-state index contributed by atoms with van der Waals surface area (Å²) in [4.78, 5) is 13.0. The van der Waals surface area contributed by atoms with Gasteiger partial charge in [0, 0.05) is 25.7 Å². The largest absolute Gasteiger partial charge is 0.350 e. The molecule has 1 fully saturated rings. The first-order valence-electron chi connectivity index (χ1n) is 6.77. The van der Waals surface area contributed by atoms with Crippen molar-refractivity contribution in [2.75, 3.05) is 18.0 Å². The maximum Gasteiger partial charge on any atom is 0.333 e. The molecule has 1 aromatic heterocycles. The van der Waals surface area contributed by atoms with Crippen LogP contribution in [-0.4, -0.2) is 33.8 Å². The van der Waals surface area contributed by atoms with Crippen LogP contribution in [0.1, 0.15) is 31.9 Å². The smallest absolute Gasteiger partial charge is 0.333 e. The van der Waals surface area contributed by atoms with Crippen molar-refractivity contribution in [3.8, 4) is 0 Å². The fourth-order valence-electron chi connectivity index (χ4n) is 2.66. The van der Waals surface area contributed by atoms with E-state index in [0.29, 0.717) is 24.6 Å². The zero-order valence-electron chi connectivity index (χ0n) is 11.5. The number of piperidine rings is 1. The van der Waals surface area contributed by atoms with Gasteiger partial charge in [0.15, 0.2) is 0 Å². The van der Waals surface area contributed by atoms with E-state index in [-0.39, 0.29) is 16.7 Å². The van der Waals surface area contributed by atoms with E-state index in [0.717, 1.165) is 25.8 Å². The van der Waals surface area contributed by atoms with Gasteiger partial charge in [-0.15, -0.1) is 0 Å². The van der Waals surface area contributed by atoms with E-state index >= 15 is 0 Å². The zero-order chi connectivity index (χ0) is 14.0. The molecule has 0 spiro atoms. The molecule has 2 N–H and O–H groups in total. The summed E-state index contributed by atoms with van der Waals surface area (Å²) < 4.78 is 1.76. The van der Waals surface area contributed by atoms with Gasteiger partial charge in [0.05, 0.1) is 4.92 Å². The third-order valence-corrected chi connectivity index (χ3v) is 3.45. The summed E-state index contributed by atoms with van der Waals surface area (Å²) in [6, 6.07) is 0.0821. The Bertz CT molecular complexity index is 471. The molecule has 0 saturated carbocycles. The van der Waals surface area contributed by atoms with Crippen molar-refractivity contribution in [3.63, 3.8) is 0 Å². The summed E-state index contributed by atoms with van der Waals surface area (Å²) in [6.07, 6.45) is 2.84. The average molecular weight is 267 g/mol. The number of hydrogen-bond donors (Lipinski definition) is 1. The van der Waals surface area contributed by atoms with E-state index in [4.69, 9.17) is 5.73 Å². The number of nitrogens with two attached hydrogens (primary N) is 1. The molecule has 1 atom stereocenters. The lowest BCUT2D eigenvalue weighted by Gasteiger charge is -2.31. The summed E-state index contributed by atoms with van der Waals surface area (Å²) in [6.45, 7) is 5.89. The van der Waals surface area contributed by atoms with E-state index in [1.807, 2.05) is 11.8 Å². The van der Waals surface area contributed by atoms with Gasteiger partial charge in [-0.05, 0) is 26.2 Å². The molecule has 2 heterocycles. The van der Waals surface area contributed by atoms with Gasteiger partial charge in [0.1, 0.15) is 5.69 Å². The summed E-state index contributed by atoms with van der Waals surface area (Å²) in [7, 11) is 0. The van der Waals surface area contributed by atoms with Crippen LogP contribution >= 0.6 is 0 Å². The van der Waals surface area contributed by atoms with Crippen LogP contribution < -0.4 is 10.6 Å². The Balaban J connectivity index is 2.42. The SMILES string of the molecule is CCCn1nc(C)c([N+](=O)[O-])c1N1CCC[C@@H](N)C1. The number of nitrogens with zero attached hydrogens (tertiary/aromatic N) is 4. The predicted octanol–water partition coefficient (Wildman–Crippen LogP) is 1.44. The molecule has 106 valence electrons. The lowest BCUT2D eigenvalue weighted by atomic mass is 10.1. The molecule has 1 aromatic rings. The van der Waals surface area contributed by atoms with Gasteiger partial charge in [0.2, 0.25) is 5.82 Å². The first-order chi connectivity index (χ1) is 9.04. The van der Waals surface area contributed by atoms with Crippen LogP contribution in [0.3, 0.4) is 0 Å². The summed E-state index contributed by atoms with van der Waals surface area (Å²) in [5.74, 6) is 0.625. The van der Waals surface area contributed by atoms with E-state index in [1.165, 1.54) is 0 Å². The van der Waals surface area contributed by atoms with Gasteiger partial charge >= 0.3 is 5.69 Å². The lowest BCUT2D eigenvalue weighted by molar-refractivity contribution is -0.384. The topological polar surface area (TPSA) is 90.2 Å². The van der Waals surface area contributed by atoms with Gasteiger partial charge in [-0.3, -0.25) is 10.1 Å². The van der Waals surface area contributed by atoms with E-state index in [2.05, 4.69) is 5.10 Å². The second-order valence-electron chi connectivity index (χ2n) is 5.09. The van der Waals surface area contributed by atoms with E-state index in [9.17, 15) is 10.1 Å². The van der Waals surface area contributed by atoms with Crippen molar-refractivity contribution in [3.05, 3.63) is 15.8 Å². The Labute approximate surface area is 112 Å². The average Bonchev–Trinajstić information content (AvgIpc) is 2.66. The Morgan fingerprint density at radius 3 is 2.89 bits per heavy atom. The Kier molecular flexibility index (Phi) is 4.04. The molecule has 0 aromatic carbocycles. The number of nitro groups is 1. The summed E-state index contributed by atoms with van der Waals surface area (Å²) >= 11 is 0. The van der Waals surface area contributed by atoms with Crippen molar-refractivity contribution in [2.24, 2.45) is 5.73 Å². The molecule has 19 heavy (non-hydrogen) atoms. The highest BCUT2D eigenvalue weighted by Crippen LogP contribution is 2.33. The monoisotopic (exact) mass is 267 g/mol. The molecule has 0 bridgehead atoms. The molecule has 7 heteroatoms. The van der Waals surface area contributed by atoms with Crippen LogP contribution in [0, 0.1) is 17.0 Å². The van der Waals surface area contributed by atoms with Gasteiger partial charge in [-0.25, -0.2) is 4.68 Å². The highest BCUT2D eigenvalue weighted by Gasteiger charge is 2.31. The second-order valence-corrected chi connectivity index (χ2v) is 5.09. The molecule has 1 aliphatic rings. The molecule has 0 amide bonds. The Hall–Kier alpha value is -1.63. The fraction of sp³-hybridized carbons (Fsp3) is 0.750. The van der Waals surface area contributed by atoms with Crippen LogP contribution in [0.2, 0.25) is 0 Å². The Morgan fingerprint density at radius 2 is 2.32 bits per heavy atom. The summed E-state index contributed by atoms with van der Waals surface area (Å²) in [5.41, 5.74) is 6.58. The molecule has 1 aliphatic heterocycles. The third kappa shape index (κ3) is 2.70. The van der Waals surface area contributed by atoms with E-state index < -0.39 is 0 Å². The molecule has 2 rings (SSSR count). The standard InChI is InChI=1S/C12H21N5O2/c1-3-6-16-12(11(17(18)19)9(2)14-16)15-7-4-5-10(13)8-15/h10H,3-8,13H2,1-2H3/t10-/m1/s1. The number of anilines is 1. The highest BCUT2D eigenvalue weighted by atomic mass is 16.6. The lowest BCUT2D eigenvalue weighted by Crippen LogP contribution is -2.43. The van der Waals surface area contributed by atoms with Crippen molar-refractivity contribution in [1.29, 1.82) is 0 Å². The first kappa shape index (κ1) is 13.8. The van der Waals surface area contributed by atoms with E-state index in [1.54, 1.807) is 11.6 Å².